The van der Waals surface area contributed by atoms with E-state index in [0.717, 1.165) is 22.6 Å². The Bertz CT molecular complexity index is 1090. The standard InChI is InChI=1S/C22H32N6O4S/c1-17-14-21-25-22(27-28(21)26-17)18-8-10-20(11-9-18)24-15-31-16-32-33(29,30)13-5-12-23-19-6-3-2-4-7-19/h8-11,14,19,23-24,26H,2-7,12-13,15-16H2,1H3. The lowest BCUT2D eigenvalue weighted by atomic mass is 9.95. The summed E-state index contributed by atoms with van der Waals surface area (Å²) in [6, 6.07) is 10.0. The molecule has 0 atom stereocenters. The summed E-state index contributed by atoms with van der Waals surface area (Å²) in [6.07, 6.45) is 6.72. The van der Waals surface area contributed by atoms with Gasteiger partial charge in [0.1, 0.15) is 6.73 Å². The molecule has 0 amide bonds. The van der Waals surface area contributed by atoms with Gasteiger partial charge in [0.05, 0.1) is 5.75 Å². The molecular weight excluding hydrogens is 444 g/mol. The van der Waals surface area contributed by atoms with Crippen LogP contribution in [0, 0.1) is 6.92 Å². The van der Waals surface area contributed by atoms with Gasteiger partial charge in [0.15, 0.2) is 18.3 Å². The van der Waals surface area contributed by atoms with Crippen LogP contribution in [0.5, 0.6) is 0 Å². The molecule has 4 rings (SSSR count). The molecule has 10 nitrogen and oxygen atoms in total. The number of aromatic nitrogens is 4. The molecule has 2 aromatic heterocycles. The molecule has 0 unspecified atom stereocenters. The summed E-state index contributed by atoms with van der Waals surface area (Å²) in [5, 5.41) is 14.0. The minimum atomic E-state index is -3.59. The van der Waals surface area contributed by atoms with Gasteiger partial charge in [-0.1, -0.05) is 19.3 Å². The number of H-pyrrole nitrogens is 1. The number of aryl methyl sites for hydroxylation is 1. The van der Waals surface area contributed by atoms with Gasteiger partial charge >= 0.3 is 0 Å². The smallest absolute Gasteiger partial charge is 0.269 e. The molecule has 0 saturated heterocycles. The van der Waals surface area contributed by atoms with E-state index in [2.05, 4.69) is 25.8 Å². The number of nitrogens with zero attached hydrogens (tertiary/aromatic N) is 3. The maximum atomic E-state index is 12.0. The Morgan fingerprint density at radius 1 is 1.18 bits per heavy atom. The molecule has 180 valence electrons. The normalized spacial score (nSPS) is 15.3. The minimum absolute atomic E-state index is 0.0125. The zero-order chi connectivity index (χ0) is 23.1. The summed E-state index contributed by atoms with van der Waals surface area (Å²) in [6.45, 7) is 2.46. The third-order valence-corrected chi connectivity index (χ3v) is 6.95. The summed E-state index contributed by atoms with van der Waals surface area (Å²) < 4.78 is 35.8. The average molecular weight is 477 g/mol. The first-order valence-electron chi connectivity index (χ1n) is 11.4. The molecule has 0 bridgehead atoms. The van der Waals surface area contributed by atoms with Crippen molar-refractivity contribution in [3.63, 3.8) is 0 Å². The SMILES string of the molecule is Cc1cc2nc(-c3ccc(NCOCOS(=O)(=O)CCCNC4CCCCC4)cc3)nn2[nH]1. The summed E-state index contributed by atoms with van der Waals surface area (Å²) in [4.78, 5) is 4.49. The third kappa shape index (κ3) is 7.00. The highest BCUT2D eigenvalue weighted by Gasteiger charge is 2.14. The molecule has 2 heterocycles. The lowest BCUT2D eigenvalue weighted by molar-refractivity contribution is 0.0295. The molecule has 1 aliphatic rings. The molecule has 3 N–H and O–H groups in total. The van der Waals surface area contributed by atoms with Gasteiger partial charge in [0, 0.05) is 29.1 Å². The Hall–Kier alpha value is -2.47. The fourth-order valence-corrected chi connectivity index (χ4v) is 4.79. The van der Waals surface area contributed by atoms with Gasteiger partial charge in [-0.2, -0.15) is 13.0 Å². The lowest BCUT2D eigenvalue weighted by Crippen LogP contribution is -2.32. The van der Waals surface area contributed by atoms with Crippen LogP contribution in [0.3, 0.4) is 0 Å². The van der Waals surface area contributed by atoms with E-state index >= 15 is 0 Å². The highest BCUT2D eigenvalue weighted by Crippen LogP contribution is 2.19. The van der Waals surface area contributed by atoms with Crippen LogP contribution in [0.25, 0.3) is 17.0 Å². The third-order valence-electron chi connectivity index (χ3n) is 5.70. The van der Waals surface area contributed by atoms with E-state index in [0.29, 0.717) is 24.8 Å². The van der Waals surface area contributed by atoms with Gasteiger partial charge in [-0.25, -0.2) is 9.17 Å². The molecule has 0 spiro atoms. The number of rotatable bonds is 12. The molecule has 1 fully saturated rings. The molecule has 33 heavy (non-hydrogen) atoms. The van der Waals surface area contributed by atoms with Crippen LogP contribution in [0.15, 0.2) is 30.3 Å². The highest BCUT2D eigenvalue weighted by molar-refractivity contribution is 7.86. The number of benzene rings is 1. The first-order valence-corrected chi connectivity index (χ1v) is 13.0. The van der Waals surface area contributed by atoms with Gasteiger partial charge in [-0.3, -0.25) is 5.10 Å². The molecule has 1 saturated carbocycles. The van der Waals surface area contributed by atoms with Crippen molar-refractivity contribution < 1.29 is 17.3 Å². The van der Waals surface area contributed by atoms with Crippen molar-refractivity contribution in [1.29, 1.82) is 0 Å². The second-order valence-electron chi connectivity index (χ2n) is 8.39. The van der Waals surface area contributed by atoms with Crippen molar-refractivity contribution in [2.45, 2.75) is 51.5 Å². The van der Waals surface area contributed by atoms with E-state index in [1.165, 1.54) is 32.1 Å². The average Bonchev–Trinajstić information content (AvgIpc) is 3.35. The summed E-state index contributed by atoms with van der Waals surface area (Å²) in [5.74, 6) is 0.623. The van der Waals surface area contributed by atoms with Gasteiger partial charge in [0.25, 0.3) is 10.1 Å². The van der Waals surface area contributed by atoms with E-state index in [-0.39, 0.29) is 19.3 Å². The molecule has 1 aromatic carbocycles. The van der Waals surface area contributed by atoms with Crippen LogP contribution in [-0.2, 0) is 19.0 Å². The maximum Gasteiger partial charge on any atom is 0.269 e. The van der Waals surface area contributed by atoms with Crippen LogP contribution in [0.4, 0.5) is 5.69 Å². The highest BCUT2D eigenvalue weighted by atomic mass is 32.2. The first-order chi connectivity index (χ1) is 16.0. The van der Waals surface area contributed by atoms with E-state index in [1.807, 2.05) is 37.3 Å². The predicted octanol–water partition coefficient (Wildman–Crippen LogP) is 3.04. The van der Waals surface area contributed by atoms with Crippen molar-refractivity contribution in [1.82, 2.24) is 25.1 Å². The van der Waals surface area contributed by atoms with Crippen molar-refractivity contribution >= 4 is 21.5 Å². The van der Waals surface area contributed by atoms with Crippen LogP contribution in [0.1, 0.15) is 44.2 Å². The Morgan fingerprint density at radius 3 is 2.73 bits per heavy atom. The molecule has 1 aliphatic carbocycles. The van der Waals surface area contributed by atoms with E-state index in [9.17, 15) is 8.42 Å². The van der Waals surface area contributed by atoms with E-state index < -0.39 is 10.1 Å². The molecule has 3 aromatic rings. The topological polar surface area (TPSA) is 123 Å². The van der Waals surface area contributed by atoms with Crippen LogP contribution >= 0.6 is 0 Å². The molecular formula is C22H32N6O4S. The van der Waals surface area contributed by atoms with Crippen molar-refractivity contribution in [3.8, 4) is 11.4 Å². The van der Waals surface area contributed by atoms with Gasteiger partial charge < -0.3 is 15.4 Å². The summed E-state index contributed by atoms with van der Waals surface area (Å²) >= 11 is 0. The largest absolute Gasteiger partial charge is 0.363 e. The van der Waals surface area contributed by atoms with Crippen molar-refractivity contribution in [2.75, 3.05) is 31.1 Å². The Morgan fingerprint density at radius 2 is 1.97 bits per heavy atom. The molecule has 0 aliphatic heterocycles. The number of anilines is 1. The quantitative estimate of drug-likeness (QED) is 0.207. The van der Waals surface area contributed by atoms with Crippen molar-refractivity contribution in [3.05, 3.63) is 36.0 Å². The number of ether oxygens (including phenoxy) is 1. The minimum Gasteiger partial charge on any atom is -0.363 e. The fraction of sp³-hybridized carbons (Fsp3) is 0.545. The summed E-state index contributed by atoms with van der Waals surface area (Å²) in [5.41, 5.74) is 3.49. The Balaban J connectivity index is 1.11. The lowest BCUT2D eigenvalue weighted by Gasteiger charge is -2.22. The Labute approximate surface area is 194 Å². The number of hydrogen-bond acceptors (Lipinski definition) is 8. The van der Waals surface area contributed by atoms with E-state index in [1.54, 1.807) is 4.63 Å². The summed E-state index contributed by atoms with van der Waals surface area (Å²) in [7, 11) is -3.59. The van der Waals surface area contributed by atoms with Crippen LogP contribution < -0.4 is 10.6 Å². The van der Waals surface area contributed by atoms with Gasteiger partial charge in [-0.05, 0) is 57.0 Å². The van der Waals surface area contributed by atoms with Gasteiger partial charge in [-0.15, -0.1) is 5.10 Å². The zero-order valence-corrected chi connectivity index (χ0v) is 19.7. The zero-order valence-electron chi connectivity index (χ0n) is 18.9. The Kier molecular flexibility index (Phi) is 7.97. The number of nitrogens with one attached hydrogen (secondary N) is 3. The van der Waals surface area contributed by atoms with Crippen LogP contribution in [0.2, 0.25) is 0 Å². The number of aromatic amines is 1. The molecule has 0 radical (unpaired) electrons. The monoisotopic (exact) mass is 476 g/mol. The maximum absolute atomic E-state index is 12.0. The van der Waals surface area contributed by atoms with E-state index in [4.69, 9.17) is 8.92 Å². The fourth-order valence-electron chi connectivity index (χ4n) is 3.96. The second-order valence-corrected chi connectivity index (χ2v) is 10.1. The molecule has 11 heteroatoms. The number of fused-ring (bicyclic) bond motifs is 1. The second kappa shape index (κ2) is 11.1. The van der Waals surface area contributed by atoms with Gasteiger partial charge in [0.2, 0.25) is 0 Å². The first kappa shape index (κ1) is 23.7. The number of hydrogen-bond donors (Lipinski definition) is 3. The van der Waals surface area contributed by atoms with Crippen molar-refractivity contribution in [2.24, 2.45) is 0 Å². The predicted molar refractivity (Wildman–Crippen MR) is 126 cm³/mol. The van der Waals surface area contributed by atoms with Crippen LogP contribution in [-0.4, -0.2) is 60.1 Å².